The fourth-order valence-corrected chi connectivity index (χ4v) is 3.02. The second kappa shape index (κ2) is 9.29. The van der Waals surface area contributed by atoms with E-state index >= 15 is 0 Å². The second-order valence-electron chi connectivity index (χ2n) is 5.33. The van der Waals surface area contributed by atoms with Crippen molar-refractivity contribution < 1.29 is 4.79 Å². The molecule has 1 N–H and O–H groups in total. The zero-order chi connectivity index (χ0) is 14.4. The molecule has 0 radical (unpaired) electrons. The molecular formula is C16H24Cl2N2O. The Bertz CT molecular complexity index is 448. The van der Waals surface area contributed by atoms with Gasteiger partial charge in [0.15, 0.2) is 0 Å². The van der Waals surface area contributed by atoms with Crippen molar-refractivity contribution in [2.75, 3.05) is 19.6 Å². The van der Waals surface area contributed by atoms with Gasteiger partial charge in [0.05, 0.1) is 6.04 Å². The molecule has 0 aromatic heterocycles. The van der Waals surface area contributed by atoms with Gasteiger partial charge in [-0.3, -0.25) is 9.69 Å². The summed E-state index contributed by atoms with van der Waals surface area (Å²) in [6.45, 7) is 4.83. The molecule has 118 valence electrons. The SMILES string of the molecule is CCCC(=O)NCC(c1ccccc1Cl)N1CCCC1.Cl. The molecule has 5 heteroatoms. The van der Waals surface area contributed by atoms with Crippen molar-refractivity contribution in [3.8, 4) is 0 Å². The van der Waals surface area contributed by atoms with Crippen LogP contribution in [0.5, 0.6) is 0 Å². The molecule has 1 aliphatic rings. The summed E-state index contributed by atoms with van der Waals surface area (Å²) >= 11 is 6.33. The normalized spacial score (nSPS) is 16.3. The molecule has 0 spiro atoms. The Morgan fingerprint density at radius 2 is 2.00 bits per heavy atom. The van der Waals surface area contributed by atoms with Crippen LogP contribution in [0, 0.1) is 0 Å². The molecule has 0 saturated carbocycles. The van der Waals surface area contributed by atoms with Crippen LogP contribution in [0.2, 0.25) is 5.02 Å². The monoisotopic (exact) mass is 330 g/mol. The zero-order valence-electron chi connectivity index (χ0n) is 12.5. The Morgan fingerprint density at radius 1 is 1.33 bits per heavy atom. The molecule has 2 rings (SSSR count). The Hall–Kier alpha value is -0.770. The van der Waals surface area contributed by atoms with Crippen molar-refractivity contribution >= 4 is 29.9 Å². The lowest BCUT2D eigenvalue weighted by molar-refractivity contribution is -0.121. The lowest BCUT2D eigenvalue weighted by atomic mass is 10.1. The molecule has 1 aromatic carbocycles. The predicted molar refractivity (Wildman–Crippen MR) is 90.2 cm³/mol. The van der Waals surface area contributed by atoms with E-state index in [1.807, 2.05) is 25.1 Å². The highest BCUT2D eigenvalue weighted by atomic mass is 35.5. The fraction of sp³-hybridized carbons (Fsp3) is 0.562. The van der Waals surface area contributed by atoms with E-state index in [2.05, 4.69) is 16.3 Å². The molecule has 1 aromatic rings. The maximum Gasteiger partial charge on any atom is 0.220 e. The molecule has 1 fully saturated rings. The Balaban J connectivity index is 0.00000220. The fourth-order valence-electron chi connectivity index (χ4n) is 2.76. The van der Waals surface area contributed by atoms with Gasteiger partial charge in [-0.2, -0.15) is 0 Å². The summed E-state index contributed by atoms with van der Waals surface area (Å²) in [5.74, 6) is 0.128. The topological polar surface area (TPSA) is 32.3 Å². The van der Waals surface area contributed by atoms with Gasteiger partial charge in [0.1, 0.15) is 0 Å². The average molecular weight is 331 g/mol. The van der Waals surface area contributed by atoms with Crippen molar-refractivity contribution in [1.29, 1.82) is 0 Å². The molecule has 21 heavy (non-hydrogen) atoms. The third-order valence-electron chi connectivity index (χ3n) is 3.82. The highest BCUT2D eigenvalue weighted by Gasteiger charge is 2.25. The Labute approximate surface area is 138 Å². The maximum absolute atomic E-state index is 11.7. The van der Waals surface area contributed by atoms with Crippen LogP contribution in [-0.4, -0.2) is 30.4 Å². The van der Waals surface area contributed by atoms with Crippen LogP contribution in [-0.2, 0) is 4.79 Å². The van der Waals surface area contributed by atoms with Gasteiger partial charge < -0.3 is 5.32 Å². The van der Waals surface area contributed by atoms with Gasteiger partial charge in [0, 0.05) is 18.0 Å². The average Bonchev–Trinajstić information content (AvgIpc) is 2.95. The first-order valence-electron chi connectivity index (χ1n) is 7.47. The standard InChI is InChI=1S/C16H23ClN2O.ClH/c1-2-7-16(20)18-12-15(19-10-5-6-11-19)13-8-3-4-9-14(13)17;/h3-4,8-9,15H,2,5-7,10-12H2,1H3,(H,18,20);1H. The van der Waals surface area contributed by atoms with E-state index in [0.717, 1.165) is 30.1 Å². The number of nitrogens with zero attached hydrogens (tertiary/aromatic N) is 1. The van der Waals surface area contributed by atoms with E-state index in [0.29, 0.717) is 13.0 Å². The van der Waals surface area contributed by atoms with Crippen LogP contribution in [0.3, 0.4) is 0 Å². The quantitative estimate of drug-likeness (QED) is 0.860. The van der Waals surface area contributed by atoms with E-state index in [1.54, 1.807) is 0 Å². The molecule has 0 bridgehead atoms. The number of benzene rings is 1. The predicted octanol–water partition coefficient (Wildman–Crippen LogP) is 3.82. The second-order valence-corrected chi connectivity index (χ2v) is 5.74. The molecule has 1 saturated heterocycles. The number of carbonyl (C=O) groups excluding carboxylic acids is 1. The molecule has 1 atom stereocenters. The number of nitrogens with one attached hydrogen (secondary N) is 1. The van der Waals surface area contributed by atoms with Crippen LogP contribution < -0.4 is 5.32 Å². The number of carbonyl (C=O) groups is 1. The van der Waals surface area contributed by atoms with E-state index in [-0.39, 0.29) is 24.4 Å². The first-order chi connectivity index (χ1) is 9.72. The lowest BCUT2D eigenvalue weighted by Gasteiger charge is -2.29. The minimum atomic E-state index is 0. The van der Waals surface area contributed by atoms with E-state index < -0.39 is 0 Å². The summed E-state index contributed by atoms with van der Waals surface area (Å²) in [7, 11) is 0. The first kappa shape index (κ1) is 18.3. The Morgan fingerprint density at radius 3 is 2.62 bits per heavy atom. The first-order valence-corrected chi connectivity index (χ1v) is 7.85. The van der Waals surface area contributed by atoms with Gasteiger partial charge >= 0.3 is 0 Å². The third-order valence-corrected chi connectivity index (χ3v) is 4.16. The third kappa shape index (κ3) is 5.17. The van der Waals surface area contributed by atoms with Crippen molar-refractivity contribution in [2.24, 2.45) is 0 Å². The summed E-state index contributed by atoms with van der Waals surface area (Å²) in [5.41, 5.74) is 1.12. The molecule has 1 aliphatic heterocycles. The van der Waals surface area contributed by atoms with E-state index in [9.17, 15) is 4.79 Å². The van der Waals surface area contributed by atoms with Crippen LogP contribution in [0.4, 0.5) is 0 Å². The molecule has 1 unspecified atom stereocenters. The molecular weight excluding hydrogens is 307 g/mol. The van der Waals surface area contributed by atoms with Crippen LogP contribution in [0.15, 0.2) is 24.3 Å². The van der Waals surface area contributed by atoms with Gasteiger partial charge in [-0.1, -0.05) is 36.7 Å². The minimum Gasteiger partial charge on any atom is -0.354 e. The van der Waals surface area contributed by atoms with Crippen LogP contribution >= 0.6 is 24.0 Å². The van der Waals surface area contributed by atoms with Gasteiger partial charge in [-0.15, -0.1) is 12.4 Å². The number of halogens is 2. The van der Waals surface area contributed by atoms with Crippen LogP contribution in [0.1, 0.15) is 44.2 Å². The van der Waals surface area contributed by atoms with E-state index in [1.165, 1.54) is 12.8 Å². The smallest absolute Gasteiger partial charge is 0.220 e. The number of likely N-dealkylation sites (tertiary alicyclic amines) is 1. The lowest BCUT2D eigenvalue weighted by Crippen LogP contribution is -2.36. The summed E-state index contributed by atoms with van der Waals surface area (Å²) in [6, 6.07) is 8.14. The van der Waals surface area contributed by atoms with Gasteiger partial charge in [0.2, 0.25) is 5.91 Å². The summed E-state index contributed by atoms with van der Waals surface area (Å²) in [4.78, 5) is 14.1. The molecule has 3 nitrogen and oxygen atoms in total. The van der Waals surface area contributed by atoms with Crippen molar-refractivity contribution in [2.45, 2.75) is 38.6 Å². The number of rotatable bonds is 6. The minimum absolute atomic E-state index is 0. The van der Waals surface area contributed by atoms with E-state index in [4.69, 9.17) is 11.6 Å². The maximum atomic E-state index is 11.7. The van der Waals surface area contributed by atoms with Gasteiger partial charge in [0.25, 0.3) is 0 Å². The number of hydrogen-bond donors (Lipinski definition) is 1. The summed E-state index contributed by atoms with van der Waals surface area (Å²) in [5, 5.41) is 3.83. The summed E-state index contributed by atoms with van der Waals surface area (Å²) in [6.07, 6.45) is 3.93. The zero-order valence-corrected chi connectivity index (χ0v) is 14.1. The van der Waals surface area contributed by atoms with Gasteiger partial charge in [-0.05, 0) is 44.0 Å². The van der Waals surface area contributed by atoms with Crippen molar-refractivity contribution in [3.05, 3.63) is 34.9 Å². The molecule has 1 heterocycles. The molecule has 0 aliphatic carbocycles. The largest absolute Gasteiger partial charge is 0.354 e. The van der Waals surface area contributed by atoms with Crippen molar-refractivity contribution in [3.63, 3.8) is 0 Å². The van der Waals surface area contributed by atoms with Crippen molar-refractivity contribution in [1.82, 2.24) is 10.2 Å². The van der Waals surface area contributed by atoms with Gasteiger partial charge in [-0.25, -0.2) is 0 Å². The highest BCUT2D eigenvalue weighted by Crippen LogP contribution is 2.29. The number of amides is 1. The highest BCUT2D eigenvalue weighted by molar-refractivity contribution is 6.31. The molecule has 1 amide bonds. The number of hydrogen-bond acceptors (Lipinski definition) is 2. The van der Waals surface area contributed by atoms with Crippen LogP contribution in [0.25, 0.3) is 0 Å². The summed E-state index contributed by atoms with van der Waals surface area (Å²) < 4.78 is 0. The Kier molecular flexibility index (Phi) is 8.09.